The van der Waals surface area contributed by atoms with Gasteiger partial charge in [-0.2, -0.15) is 0 Å². The first kappa shape index (κ1) is 23.2. The average Bonchev–Trinajstić information content (AvgIpc) is 2.70. The van der Waals surface area contributed by atoms with Crippen molar-refractivity contribution in [3.63, 3.8) is 0 Å². The van der Waals surface area contributed by atoms with Crippen molar-refractivity contribution < 1.29 is 54.7 Å². The monoisotopic (exact) mass is 411 g/mol. The summed E-state index contributed by atoms with van der Waals surface area (Å²) in [5.41, 5.74) is 8.21. The number of hydrogen-bond acceptors (Lipinski definition) is 12. The number of azide groups is 1. The van der Waals surface area contributed by atoms with Gasteiger partial charge in [-0.1, -0.05) is 5.11 Å². The van der Waals surface area contributed by atoms with Crippen molar-refractivity contribution in [2.45, 2.75) is 61.4 Å². The topological polar surface area (TPSA) is 227 Å². The third-order valence-electron chi connectivity index (χ3n) is 4.50. The molecule has 2 saturated heterocycles. The summed E-state index contributed by atoms with van der Waals surface area (Å²) in [5, 5.41) is 72.1. The maximum absolute atomic E-state index is 10.3. The van der Waals surface area contributed by atoms with Crippen LogP contribution in [0, 0.1) is 0 Å². The Morgan fingerprint density at radius 1 is 0.821 bits per heavy atom. The highest BCUT2D eigenvalue weighted by atomic mass is 16.7. The van der Waals surface area contributed by atoms with Crippen molar-refractivity contribution in [2.75, 3.05) is 26.4 Å². The molecule has 2 aliphatic rings. The van der Waals surface area contributed by atoms with Gasteiger partial charge in [-0.05, 0) is 5.53 Å². The molecule has 0 aliphatic carbocycles. The molecule has 10 atom stereocenters. The molecule has 0 bridgehead atoms. The molecule has 2 heterocycles. The average molecular weight is 411 g/mol. The fourth-order valence-electron chi connectivity index (χ4n) is 2.95. The lowest BCUT2D eigenvalue weighted by atomic mass is 9.97. The van der Waals surface area contributed by atoms with Crippen molar-refractivity contribution in [3.05, 3.63) is 10.4 Å². The van der Waals surface area contributed by atoms with Crippen LogP contribution >= 0.6 is 0 Å². The van der Waals surface area contributed by atoms with E-state index in [0.717, 1.165) is 0 Å². The Morgan fingerprint density at radius 3 is 2.04 bits per heavy atom. The van der Waals surface area contributed by atoms with E-state index in [2.05, 4.69) is 10.0 Å². The zero-order valence-corrected chi connectivity index (χ0v) is 14.7. The molecular formula is C14H25N3O11. The largest absolute Gasteiger partial charge is 0.394 e. The van der Waals surface area contributed by atoms with Crippen LogP contribution in [0.2, 0.25) is 0 Å². The van der Waals surface area contributed by atoms with E-state index in [4.69, 9.17) is 24.5 Å². The van der Waals surface area contributed by atoms with Crippen LogP contribution in [0.3, 0.4) is 0 Å². The lowest BCUT2D eigenvalue weighted by molar-refractivity contribution is -0.359. The van der Waals surface area contributed by atoms with Gasteiger partial charge in [0.15, 0.2) is 12.6 Å². The molecule has 2 fully saturated rings. The van der Waals surface area contributed by atoms with Crippen LogP contribution in [0.4, 0.5) is 0 Å². The minimum atomic E-state index is -1.74. The summed E-state index contributed by atoms with van der Waals surface area (Å²) in [6.07, 6.45) is -15.1. The number of aliphatic hydroxyl groups is 7. The predicted molar refractivity (Wildman–Crippen MR) is 86.4 cm³/mol. The Bertz CT molecular complexity index is 533. The molecule has 0 saturated carbocycles. The van der Waals surface area contributed by atoms with Gasteiger partial charge in [-0.3, -0.25) is 0 Å². The van der Waals surface area contributed by atoms with E-state index in [1.165, 1.54) is 0 Å². The van der Waals surface area contributed by atoms with Crippen LogP contribution in [0.5, 0.6) is 0 Å². The van der Waals surface area contributed by atoms with Gasteiger partial charge < -0.3 is 54.7 Å². The van der Waals surface area contributed by atoms with Crippen molar-refractivity contribution in [1.29, 1.82) is 0 Å². The lowest BCUT2D eigenvalue weighted by Gasteiger charge is -2.45. The molecular weight excluding hydrogens is 386 g/mol. The second-order valence-corrected chi connectivity index (χ2v) is 6.33. The summed E-state index contributed by atoms with van der Waals surface area (Å²) in [6.45, 7) is -1.51. The van der Waals surface area contributed by atoms with Crippen LogP contribution < -0.4 is 0 Å². The first-order valence-electron chi connectivity index (χ1n) is 8.56. The van der Waals surface area contributed by atoms with Crippen LogP contribution in [0.1, 0.15) is 0 Å². The highest BCUT2D eigenvalue weighted by molar-refractivity contribution is 4.94. The molecule has 7 N–H and O–H groups in total. The van der Waals surface area contributed by atoms with Gasteiger partial charge in [0.2, 0.25) is 0 Å². The maximum atomic E-state index is 10.3. The molecule has 0 aromatic heterocycles. The minimum Gasteiger partial charge on any atom is -0.394 e. The van der Waals surface area contributed by atoms with Gasteiger partial charge in [-0.15, -0.1) is 0 Å². The molecule has 14 heteroatoms. The van der Waals surface area contributed by atoms with Gasteiger partial charge in [0.1, 0.15) is 48.8 Å². The molecule has 0 aromatic carbocycles. The Hall–Kier alpha value is -1.13. The van der Waals surface area contributed by atoms with Gasteiger partial charge in [-0.25, -0.2) is 0 Å². The molecule has 0 radical (unpaired) electrons. The van der Waals surface area contributed by atoms with Crippen LogP contribution in [0.15, 0.2) is 5.11 Å². The van der Waals surface area contributed by atoms with Crippen molar-refractivity contribution in [2.24, 2.45) is 5.11 Å². The summed E-state index contributed by atoms with van der Waals surface area (Å²) in [4.78, 5) is 2.53. The normalized spacial score (nSPS) is 44.1. The Balaban J connectivity index is 2.05. The van der Waals surface area contributed by atoms with Gasteiger partial charge in [0, 0.05) is 11.5 Å². The lowest BCUT2D eigenvalue weighted by Crippen LogP contribution is -2.64. The molecule has 4 unspecified atom stereocenters. The zero-order valence-electron chi connectivity index (χ0n) is 14.7. The minimum absolute atomic E-state index is 0.0479. The molecule has 0 amide bonds. The molecule has 2 rings (SSSR count). The quantitative estimate of drug-likeness (QED) is 0.0879. The third kappa shape index (κ3) is 5.07. The van der Waals surface area contributed by atoms with E-state index in [0.29, 0.717) is 0 Å². The summed E-state index contributed by atoms with van der Waals surface area (Å²) in [6, 6.07) is 0. The standard InChI is InChI=1S/C14H25N3O11/c15-17-16-1-2-25-13-11(24)9(22)12(6(4-19)27-13)28-14-10(23)8(21)7(20)5(3-18)26-14/h5-14,18-24H,1-4H2/t5?,6?,7-,8-,9+,10?,11?,12-,13+,14-/m0/s1. The van der Waals surface area contributed by atoms with Crippen molar-refractivity contribution in [1.82, 2.24) is 0 Å². The highest BCUT2D eigenvalue weighted by Crippen LogP contribution is 2.29. The fraction of sp³-hybridized carbons (Fsp3) is 1.00. The summed E-state index contributed by atoms with van der Waals surface area (Å²) < 4.78 is 21.1. The molecule has 0 spiro atoms. The third-order valence-corrected chi connectivity index (χ3v) is 4.50. The van der Waals surface area contributed by atoms with E-state index >= 15 is 0 Å². The first-order valence-corrected chi connectivity index (χ1v) is 8.56. The Morgan fingerprint density at radius 2 is 1.43 bits per heavy atom. The van der Waals surface area contributed by atoms with Crippen LogP contribution in [0.25, 0.3) is 10.4 Å². The Kier molecular flexibility index (Phi) is 8.76. The molecule has 162 valence electrons. The molecule has 2 aliphatic heterocycles. The van der Waals surface area contributed by atoms with Gasteiger partial charge in [0.05, 0.1) is 19.8 Å². The maximum Gasteiger partial charge on any atom is 0.187 e. The fourth-order valence-corrected chi connectivity index (χ4v) is 2.95. The number of rotatable bonds is 8. The zero-order chi connectivity index (χ0) is 20.8. The second-order valence-electron chi connectivity index (χ2n) is 6.33. The van der Waals surface area contributed by atoms with Crippen molar-refractivity contribution >= 4 is 0 Å². The van der Waals surface area contributed by atoms with Crippen LogP contribution in [-0.2, 0) is 18.9 Å². The molecule has 0 aromatic rings. The molecule has 14 nitrogen and oxygen atoms in total. The van der Waals surface area contributed by atoms with E-state index in [-0.39, 0.29) is 13.2 Å². The van der Waals surface area contributed by atoms with E-state index in [1.807, 2.05) is 0 Å². The van der Waals surface area contributed by atoms with E-state index in [1.54, 1.807) is 0 Å². The summed E-state index contributed by atoms with van der Waals surface area (Å²) >= 11 is 0. The van der Waals surface area contributed by atoms with Gasteiger partial charge in [0.25, 0.3) is 0 Å². The summed E-state index contributed by atoms with van der Waals surface area (Å²) in [7, 11) is 0. The first-order chi connectivity index (χ1) is 13.3. The SMILES string of the molecule is [N-]=[N+]=NCCO[C@@H]1OC(CO)[C@H](O[C@@H]2OC(CO)[C@H](O)[C@H](O)C2O)[C@H](O)C1O. The smallest absolute Gasteiger partial charge is 0.187 e. The van der Waals surface area contributed by atoms with Crippen LogP contribution in [-0.4, -0.2) is 124 Å². The second kappa shape index (κ2) is 10.6. The number of nitrogens with zero attached hydrogens (tertiary/aromatic N) is 3. The van der Waals surface area contributed by atoms with E-state index < -0.39 is 74.6 Å². The Labute approximate surface area is 159 Å². The predicted octanol–water partition coefficient (Wildman–Crippen LogP) is -4.06. The molecule has 28 heavy (non-hydrogen) atoms. The number of aliphatic hydroxyl groups excluding tert-OH is 7. The summed E-state index contributed by atoms with van der Waals surface area (Å²) in [5.74, 6) is 0. The number of hydrogen-bond donors (Lipinski definition) is 7. The van der Waals surface area contributed by atoms with Crippen molar-refractivity contribution in [3.8, 4) is 0 Å². The number of ether oxygens (including phenoxy) is 4. The van der Waals surface area contributed by atoms with Gasteiger partial charge >= 0.3 is 0 Å². The highest BCUT2D eigenvalue weighted by Gasteiger charge is 2.50. The van der Waals surface area contributed by atoms with E-state index in [9.17, 15) is 35.7 Å².